The van der Waals surface area contributed by atoms with Gasteiger partial charge in [0, 0.05) is 37.6 Å². The highest BCUT2D eigenvalue weighted by atomic mass is 35.5. The van der Waals surface area contributed by atoms with Gasteiger partial charge in [-0.25, -0.2) is 9.97 Å². The maximum Gasteiger partial charge on any atom is 0.288 e. The summed E-state index contributed by atoms with van der Waals surface area (Å²) in [7, 11) is 0. The number of carbonyl (C=O) groups excluding carboxylic acids is 1. The molecule has 0 radical (unpaired) electrons. The molecule has 1 aliphatic rings. The summed E-state index contributed by atoms with van der Waals surface area (Å²) in [5, 5.41) is 11.7. The number of aromatic nitrogens is 2. The molecule has 3 rings (SSSR count). The first-order valence-electron chi connectivity index (χ1n) is 6.63. The number of carbonyl (C=O) groups is 1. The van der Waals surface area contributed by atoms with Crippen LogP contribution in [0.5, 0.6) is 0 Å². The predicted octanol–water partition coefficient (Wildman–Crippen LogP) is 1.47. The van der Waals surface area contributed by atoms with Gasteiger partial charge in [0.1, 0.15) is 17.2 Å². The zero-order valence-electron chi connectivity index (χ0n) is 11.5. The van der Waals surface area contributed by atoms with E-state index in [-0.39, 0.29) is 10.7 Å². The second kappa shape index (κ2) is 5.72. The highest BCUT2D eigenvalue weighted by molar-refractivity contribution is 6.33. The van der Waals surface area contributed by atoms with Crippen molar-refractivity contribution in [2.24, 2.45) is 0 Å². The quantitative estimate of drug-likeness (QED) is 0.483. The molecule has 0 unspecified atom stereocenters. The fourth-order valence-electron chi connectivity index (χ4n) is 2.48. The lowest BCUT2D eigenvalue weighted by atomic mass is 10.2. The number of nitro benzene ring substituents is 1. The largest absolute Gasteiger partial charge is 0.352 e. The van der Waals surface area contributed by atoms with Crippen molar-refractivity contribution < 1.29 is 9.72 Å². The third-order valence-corrected chi connectivity index (χ3v) is 3.95. The molecule has 2 heterocycles. The van der Waals surface area contributed by atoms with Crippen molar-refractivity contribution in [2.45, 2.75) is 0 Å². The van der Waals surface area contributed by atoms with Crippen molar-refractivity contribution in [3.8, 4) is 0 Å². The fraction of sp³-hybridized carbons (Fsp3) is 0.308. The Hall–Kier alpha value is -2.48. The summed E-state index contributed by atoms with van der Waals surface area (Å²) in [6.45, 7) is 2.40. The summed E-state index contributed by atoms with van der Waals surface area (Å²) in [5.41, 5.74) is 0.384. The Kier molecular flexibility index (Phi) is 3.76. The van der Waals surface area contributed by atoms with Crippen molar-refractivity contribution in [1.29, 1.82) is 0 Å². The molecular weight excluding hydrogens is 310 g/mol. The lowest BCUT2D eigenvalue weighted by molar-refractivity contribution is -0.384. The molecule has 1 fully saturated rings. The minimum Gasteiger partial charge on any atom is -0.352 e. The van der Waals surface area contributed by atoms with Crippen molar-refractivity contribution >= 4 is 40.4 Å². The smallest absolute Gasteiger partial charge is 0.288 e. The van der Waals surface area contributed by atoms with E-state index in [1.54, 1.807) is 4.90 Å². The van der Waals surface area contributed by atoms with Gasteiger partial charge in [-0.2, -0.15) is 0 Å². The second-order valence-electron chi connectivity index (χ2n) is 4.90. The van der Waals surface area contributed by atoms with E-state index >= 15 is 0 Å². The maximum atomic E-state index is 11.1. The first-order valence-corrected chi connectivity index (χ1v) is 7.01. The Morgan fingerprint density at radius 2 is 1.95 bits per heavy atom. The number of hydrogen-bond donors (Lipinski definition) is 0. The number of halogens is 1. The van der Waals surface area contributed by atoms with Crippen LogP contribution in [0.1, 0.15) is 0 Å². The minimum absolute atomic E-state index is 0.0490. The predicted molar refractivity (Wildman–Crippen MR) is 81.1 cm³/mol. The van der Waals surface area contributed by atoms with Crippen molar-refractivity contribution in [2.75, 3.05) is 31.1 Å². The van der Waals surface area contributed by atoms with Crippen LogP contribution in [0.2, 0.25) is 5.02 Å². The van der Waals surface area contributed by atoms with E-state index in [4.69, 9.17) is 11.6 Å². The van der Waals surface area contributed by atoms with Crippen LogP contribution in [0.3, 0.4) is 0 Å². The first kappa shape index (κ1) is 14.5. The van der Waals surface area contributed by atoms with E-state index in [1.807, 2.05) is 4.90 Å². The SMILES string of the molecule is O=CN1CCN(c2ncnc3cc(Cl)c([N+](=O)[O-])cc23)CC1. The standard InChI is InChI=1S/C13H12ClN5O3/c14-10-6-11-9(5-12(10)19(21)22)13(16-7-15-11)18-3-1-17(8-20)2-4-18/h5-8H,1-4H2. The van der Waals surface area contributed by atoms with Crippen molar-refractivity contribution in [3.63, 3.8) is 0 Å². The van der Waals surface area contributed by atoms with Gasteiger partial charge in [0.25, 0.3) is 5.69 Å². The Balaban J connectivity index is 2.04. The summed E-state index contributed by atoms with van der Waals surface area (Å²) < 4.78 is 0. The summed E-state index contributed by atoms with van der Waals surface area (Å²) in [5.74, 6) is 0.621. The number of fused-ring (bicyclic) bond motifs is 1. The monoisotopic (exact) mass is 321 g/mol. The molecule has 1 saturated heterocycles. The molecule has 114 valence electrons. The van der Waals surface area contributed by atoms with Crippen molar-refractivity contribution in [1.82, 2.24) is 14.9 Å². The van der Waals surface area contributed by atoms with E-state index in [0.717, 1.165) is 6.41 Å². The molecule has 0 spiro atoms. The molecule has 2 aromatic rings. The lowest BCUT2D eigenvalue weighted by Gasteiger charge is -2.33. The van der Waals surface area contributed by atoms with Crippen LogP contribution in [0.4, 0.5) is 11.5 Å². The average molecular weight is 322 g/mol. The summed E-state index contributed by atoms with van der Waals surface area (Å²) in [6.07, 6.45) is 2.23. The summed E-state index contributed by atoms with van der Waals surface area (Å²) >= 11 is 5.91. The number of rotatable bonds is 3. The van der Waals surface area contributed by atoms with Gasteiger partial charge in [0.05, 0.1) is 10.4 Å². The normalized spacial score (nSPS) is 15.1. The molecule has 0 atom stereocenters. The number of amides is 1. The zero-order chi connectivity index (χ0) is 15.7. The number of piperazine rings is 1. The molecule has 8 nitrogen and oxygen atoms in total. The zero-order valence-corrected chi connectivity index (χ0v) is 12.2. The van der Waals surface area contributed by atoms with E-state index in [2.05, 4.69) is 9.97 Å². The Labute approximate surface area is 130 Å². The molecular formula is C13H12ClN5O3. The number of benzene rings is 1. The van der Waals surface area contributed by atoms with Gasteiger partial charge in [0.15, 0.2) is 0 Å². The fourth-order valence-corrected chi connectivity index (χ4v) is 2.71. The molecule has 1 aliphatic heterocycles. The summed E-state index contributed by atoms with van der Waals surface area (Å²) in [6, 6.07) is 2.88. The lowest BCUT2D eigenvalue weighted by Crippen LogP contribution is -2.46. The van der Waals surface area contributed by atoms with Crippen molar-refractivity contribution in [3.05, 3.63) is 33.6 Å². The third-order valence-electron chi connectivity index (χ3n) is 3.64. The molecule has 22 heavy (non-hydrogen) atoms. The highest BCUT2D eigenvalue weighted by Gasteiger charge is 2.21. The number of nitro groups is 1. The van der Waals surface area contributed by atoms with Crippen LogP contribution in [-0.4, -0.2) is 52.4 Å². The topological polar surface area (TPSA) is 92.5 Å². The van der Waals surface area contributed by atoms with Crippen LogP contribution in [-0.2, 0) is 4.79 Å². The Bertz CT molecular complexity index is 746. The molecule has 0 aliphatic carbocycles. The molecule has 1 aromatic heterocycles. The van der Waals surface area contributed by atoms with Gasteiger partial charge in [-0.15, -0.1) is 0 Å². The maximum absolute atomic E-state index is 11.1. The summed E-state index contributed by atoms with van der Waals surface area (Å²) in [4.78, 5) is 33.3. The van der Waals surface area contributed by atoms with Crippen LogP contribution in [0.15, 0.2) is 18.5 Å². The highest BCUT2D eigenvalue weighted by Crippen LogP contribution is 2.32. The van der Waals surface area contributed by atoms with Gasteiger partial charge >= 0.3 is 0 Å². The van der Waals surface area contributed by atoms with E-state index in [0.29, 0.717) is 42.9 Å². The Morgan fingerprint density at radius 1 is 1.23 bits per heavy atom. The third kappa shape index (κ3) is 2.52. The van der Waals surface area contributed by atoms with Gasteiger partial charge < -0.3 is 9.80 Å². The average Bonchev–Trinajstić information content (AvgIpc) is 2.53. The van der Waals surface area contributed by atoms with E-state index in [1.165, 1.54) is 18.5 Å². The molecule has 1 aromatic carbocycles. The van der Waals surface area contributed by atoms with E-state index < -0.39 is 4.92 Å². The van der Waals surface area contributed by atoms with Gasteiger partial charge in [-0.05, 0) is 6.07 Å². The van der Waals surface area contributed by atoms with Crippen LogP contribution in [0.25, 0.3) is 10.9 Å². The molecule has 0 N–H and O–H groups in total. The van der Waals surface area contributed by atoms with Crippen LogP contribution in [0, 0.1) is 10.1 Å². The van der Waals surface area contributed by atoms with Crippen LogP contribution >= 0.6 is 11.6 Å². The molecule has 1 amide bonds. The molecule has 0 saturated carbocycles. The number of nitrogens with zero attached hydrogens (tertiary/aromatic N) is 5. The minimum atomic E-state index is -0.525. The number of hydrogen-bond acceptors (Lipinski definition) is 6. The van der Waals surface area contributed by atoms with Gasteiger partial charge in [-0.3, -0.25) is 14.9 Å². The van der Waals surface area contributed by atoms with Gasteiger partial charge in [0.2, 0.25) is 6.41 Å². The second-order valence-corrected chi connectivity index (χ2v) is 5.31. The number of anilines is 1. The van der Waals surface area contributed by atoms with E-state index in [9.17, 15) is 14.9 Å². The van der Waals surface area contributed by atoms with Crippen LogP contribution < -0.4 is 4.90 Å². The molecule has 0 bridgehead atoms. The van der Waals surface area contributed by atoms with Gasteiger partial charge in [-0.1, -0.05) is 11.6 Å². The first-order chi connectivity index (χ1) is 10.6. The molecule has 9 heteroatoms. The Morgan fingerprint density at radius 3 is 2.59 bits per heavy atom.